The molecule has 152 valence electrons. The van der Waals surface area contributed by atoms with Gasteiger partial charge in [-0.05, 0) is 54.3 Å². The van der Waals surface area contributed by atoms with E-state index in [1.165, 1.54) is 0 Å². The molecule has 2 aromatic carbocycles. The smallest absolute Gasteiger partial charge is 0.246 e. The van der Waals surface area contributed by atoms with Crippen LogP contribution in [0.15, 0.2) is 54.6 Å². The second-order valence-corrected chi connectivity index (χ2v) is 9.57. The minimum Gasteiger partial charge on any atom is -0.311 e. The van der Waals surface area contributed by atoms with Crippen molar-refractivity contribution in [2.75, 3.05) is 17.7 Å². The fourth-order valence-electron chi connectivity index (χ4n) is 3.06. The van der Waals surface area contributed by atoms with Gasteiger partial charge in [0.2, 0.25) is 15.9 Å². The molecule has 0 aliphatic rings. The average molecular weight is 423 g/mol. The number of amides is 1. The van der Waals surface area contributed by atoms with Crippen molar-refractivity contribution in [2.24, 2.45) is 5.92 Å². The van der Waals surface area contributed by atoms with Crippen LogP contribution in [-0.4, -0.2) is 37.0 Å². The number of likely N-dealkylation sites (N-methyl/N-ethyl adjacent to an activating group) is 1. The Balaban J connectivity index is 2.32. The van der Waals surface area contributed by atoms with Crippen LogP contribution in [0.4, 0.5) is 5.69 Å². The fraction of sp³-hybridized carbons (Fsp3) is 0.381. The van der Waals surface area contributed by atoms with E-state index in [0.717, 1.165) is 17.4 Å². The monoisotopic (exact) mass is 422 g/mol. The molecule has 5 nitrogen and oxygen atoms in total. The van der Waals surface area contributed by atoms with E-state index < -0.39 is 16.1 Å². The molecule has 0 saturated heterocycles. The van der Waals surface area contributed by atoms with Crippen molar-refractivity contribution in [1.29, 1.82) is 0 Å². The minimum absolute atomic E-state index is 0.108. The Kier molecular flexibility index (Phi) is 7.63. The molecule has 0 saturated carbocycles. The molecular formula is C21H27ClN2O3S. The van der Waals surface area contributed by atoms with Crippen molar-refractivity contribution in [2.45, 2.75) is 33.2 Å². The lowest BCUT2D eigenvalue weighted by Crippen LogP contribution is -2.47. The number of hydrogen-bond donors (Lipinski definition) is 0. The van der Waals surface area contributed by atoms with Crippen molar-refractivity contribution in [3.63, 3.8) is 0 Å². The minimum atomic E-state index is -3.71. The summed E-state index contributed by atoms with van der Waals surface area (Å²) >= 11 is 6.05. The number of carbonyl (C=O) groups is 1. The highest BCUT2D eigenvalue weighted by Gasteiger charge is 2.35. The van der Waals surface area contributed by atoms with Crippen molar-refractivity contribution in [1.82, 2.24) is 3.82 Å². The fourth-order valence-corrected chi connectivity index (χ4v) is 3.86. The van der Waals surface area contributed by atoms with E-state index in [4.69, 9.17) is 11.8 Å². The highest BCUT2D eigenvalue weighted by molar-refractivity contribution is 7.89. The summed E-state index contributed by atoms with van der Waals surface area (Å²) in [6, 6.07) is 16.6. The van der Waals surface area contributed by atoms with Crippen molar-refractivity contribution >= 4 is 33.4 Å². The average Bonchev–Trinajstić information content (AvgIpc) is 2.66. The number of benzene rings is 2. The lowest BCUT2D eigenvalue weighted by Gasteiger charge is -2.30. The zero-order valence-corrected chi connectivity index (χ0v) is 18.2. The summed E-state index contributed by atoms with van der Waals surface area (Å²) in [5, 5.41) is 0. The van der Waals surface area contributed by atoms with Crippen LogP contribution in [0.25, 0.3) is 11.1 Å². The molecule has 2 rings (SSSR count). The molecule has 7 heteroatoms. The van der Waals surface area contributed by atoms with Gasteiger partial charge in [0.1, 0.15) is 6.04 Å². The lowest BCUT2D eigenvalue weighted by molar-refractivity contribution is -0.121. The van der Waals surface area contributed by atoms with E-state index in [9.17, 15) is 13.2 Å². The zero-order valence-electron chi connectivity index (χ0n) is 16.7. The summed E-state index contributed by atoms with van der Waals surface area (Å²) in [5.74, 6) is -0.222. The maximum Gasteiger partial charge on any atom is 0.246 e. The van der Waals surface area contributed by atoms with Gasteiger partial charge in [-0.15, -0.1) is 3.82 Å². The normalized spacial score (nSPS) is 13.0. The topological polar surface area (TPSA) is 57.7 Å². The van der Waals surface area contributed by atoms with Gasteiger partial charge >= 0.3 is 0 Å². The molecule has 1 atom stereocenters. The van der Waals surface area contributed by atoms with E-state index in [0.29, 0.717) is 22.5 Å². The summed E-state index contributed by atoms with van der Waals surface area (Å²) in [5.41, 5.74) is 2.84. The Morgan fingerprint density at radius 3 is 2.00 bits per heavy atom. The predicted octanol–water partition coefficient (Wildman–Crippen LogP) is 4.54. The third-order valence-corrected chi connectivity index (χ3v) is 6.29. The summed E-state index contributed by atoms with van der Waals surface area (Å²) in [7, 11) is -3.71. The summed E-state index contributed by atoms with van der Waals surface area (Å²) in [6.45, 7) is 6.12. The molecule has 0 aliphatic carbocycles. The zero-order chi connectivity index (χ0) is 20.9. The molecule has 1 amide bonds. The molecule has 0 aromatic heterocycles. The molecule has 0 unspecified atom stereocenters. The maximum atomic E-state index is 13.2. The van der Waals surface area contributed by atoms with Crippen molar-refractivity contribution < 1.29 is 13.2 Å². The second-order valence-electron chi connectivity index (χ2n) is 7.15. The Morgan fingerprint density at radius 2 is 1.54 bits per heavy atom. The number of halogens is 1. The van der Waals surface area contributed by atoms with E-state index in [1.54, 1.807) is 4.90 Å². The van der Waals surface area contributed by atoms with Crippen LogP contribution in [-0.2, 0) is 14.8 Å². The number of rotatable bonds is 8. The highest BCUT2D eigenvalue weighted by Crippen LogP contribution is 2.26. The van der Waals surface area contributed by atoms with Crippen LogP contribution in [0.5, 0.6) is 0 Å². The quantitative estimate of drug-likeness (QED) is 0.587. The molecule has 2 aromatic rings. The van der Waals surface area contributed by atoms with Crippen LogP contribution in [0.2, 0.25) is 0 Å². The van der Waals surface area contributed by atoms with Crippen LogP contribution in [0, 0.1) is 5.92 Å². The first-order valence-corrected chi connectivity index (χ1v) is 11.5. The summed E-state index contributed by atoms with van der Waals surface area (Å²) in [4.78, 5) is 14.8. The first-order valence-electron chi connectivity index (χ1n) is 9.27. The number of carbonyl (C=O) groups excluding carboxylic acids is 1. The van der Waals surface area contributed by atoms with Crippen molar-refractivity contribution in [3.8, 4) is 11.1 Å². The molecular weight excluding hydrogens is 396 g/mol. The summed E-state index contributed by atoms with van der Waals surface area (Å²) < 4.78 is 24.5. The number of anilines is 1. The Labute approximate surface area is 173 Å². The maximum absolute atomic E-state index is 13.2. The van der Waals surface area contributed by atoms with Gasteiger partial charge < -0.3 is 4.90 Å². The van der Waals surface area contributed by atoms with Gasteiger partial charge in [0.15, 0.2) is 0 Å². The Bertz CT molecular complexity index is 884. The molecule has 0 radical (unpaired) electrons. The number of sulfonamides is 1. The van der Waals surface area contributed by atoms with E-state index in [-0.39, 0.29) is 11.8 Å². The SMILES string of the molecule is CCN(C(=O)[C@H](CC(C)C)N(Cl)S(C)(=O)=O)c1ccc(-c2ccccc2)cc1. The van der Waals surface area contributed by atoms with Gasteiger partial charge in [0.05, 0.1) is 6.26 Å². The highest BCUT2D eigenvalue weighted by atomic mass is 35.5. The lowest BCUT2D eigenvalue weighted by atomic mass is 10.0. The van der Waals surface area contributed by atoms with Gasteiger partial charge in [0.25, 0.3) is 0 Å². The van der Waals surface area contributed by atoms with Crippen LogP contribution >= 0.6 is 11.8 Å². The first kappa shape index (κ1) is 22.4. The second kappa shape index (κ2) is 9.54. The van der Waals surface area contributed by atoms with Crippen molar-refractivity contribution in [3.05, 3.63) is 54.6 Å². The number of nitrogens with zero attached hydrogens (tertiary/aromatic N) is 2. The van der Waals surface area contributed by atoms with Gasteiger partial charge in [-0.25, -0.2) is 8.42 Å². The van der Waals surface area contributed by atoms with Gasteiger partial charge in [-0.1, -0.05) is 56.3 Å². The molecule has 28 heavy (non-hydrogen) atoms. The molecule has 0 N–H and O–H groups in total. The number of hydrogen-bond acceptors (Lipinski definition) is 3. The van der Waals surface area contributed by atoms with Gasteiger partial charge in [-0.3, -0.25) is 4.79 Å². The molecule has 0 spiro atoms. The molecule has 0 bridgehead atoms. The standard InChI is InChI=1S/C21H27ClN2O3S/c1-5-23(21(25)20(15-16(2)3)24(22)28(4,26)27)19-13-11-18(12-14-19)17-9-7-6-8-10-17/h6-14,16,20H,5,15H2,1-4H3/t20-/m0/s1. The third-order valence-electron chi connectivity index (χ3n) is 4.41. The van der Waals surface area contributed by atoms with Gasteiger partial charge in [0, 0.05) is 12.2 Å². The van der Waals surface area contributed by atoms with Crippen LogP contribution < -0.4 is 4.90 Å². The van der Waals surface area contributed by atoms with Gasteiger partial charge in [-0.2, -0.15) is 0 Å². The summed E-state index contributed by atoms with van der Waals surface area (Å²) in [6.07, 6.45) is 1.35. The largest absolute Gasteiger partial charge is 0.311 e. The van der Waals surface area contributed by atoms with E-state index >= 15 is 0 Å². The van der Waals surface area contributed by atoms with Crippen LogP contribution in [0.3, 0.4) is 0 Å². The van der Waals surface area contributed by atoms with E-state index in [2.05, 4.69) is 0 Å². The van der Waals surface area contributed by atoms with Crippen LogP contribution in [0.1, 0.15) is 27.2 Å². The Hall–Kier alpha value is -1.89. The molecule has 0 aliphatic heterocycles. The Morgan fingerprint density at radius 1 is 1.00 bits per heavy atom. The molecule has 0 heterocycles. The molecule has 0 fully saturated rings. The predicted molar refractivity (Wildman–Crippen MR) is 116 cm³/mol. The van der Waals surface area contributed by atoms with E-state index in [1.807, 2.05) is 75.4 Å². The first-order chi connectivity index (χ1) is 13.1. The third kappa shape index (κ3) is 5.56.